The minimum absolute atomic E-state index is 0.415. The summed E-state index contributed by atoms with van der Waals surface area (Å²) in [5, 5.41) is 13.4. The van der Waals surface area contributed by atoms with Gasteiger partial charge in [-0.2, -0.15) is 0 Å². The zero-order valence-corrected chi connectivity index (χ0v) is 9.43. The van der Waals surface area contributed by atoms with Gasteiger partial charge in [0.25, 0.3) is 5.91 Å². The van der Waals surface area contributed by atoms with Crippen LogP contribution in [0.2, 0.25) is 0 Å². The fourth-order valence-corrected chi connectivity index (χ4v) is 1.12. The number of ether oxygens (including phenoxy) is 2. The number of nitrogens with zero attached hydrogens (tertiary/aromatic N) is 1. The summed E-state index contributed by atoms with van der Waals surface area (Å²) < 4.78 is 10.0. The average molecular weight is 239 g/mol. The molecule has 1 rings (SSSR count). The maximum Gasteiger partial charge on any atom is 0.294 e. The van der Waals surface area contributed by atoms with Crippen molar-refractivity contribution in [2.45, 2.75) is 0 Å². The number of benzene rings is 1. The SMILES string of the molecule is COc1cc(NC(=O)/C(N)=N/O)cc(OC)c1. The van der Waals surface area contributed by atoms with E-state index >= 15 is 0 Å². The molecule has 1 aromatic carbocycles. The normalized spacial score (nSPS) is 10.8. The molecule has 0 aliphatic heterocycles. The van der Waals surface area contributed by atoms with Crippen molar-refractivity contribution >= 4 is 17.4 Å². The Labute approximate surface area is 97.8 Å². The molecule has 0 fully saturated rings. The number of amides is 1. The number of amidine groups is 1. The van der Waals surface area contributed by atoms with E-state index in [0.717, 1.165) is 0 Å². The summed E-state index contributed by atoms with van der Waals surface area (Å²) in [6.07, 6.45) is 0. The van der Waals surface area contributed by atoms with Crippen molar-refractivity contribution in [1.29, 1.82) is 0 Å². The molecule has 0 aliphatic rings. The highest BCUT2D eigenvalue weighted by Gasteiger charge is 2.09. The number of nitrogens with one attached hydrogen (secondary N) is 1. The Bertz CT molecular complexity index is 423. The average Bonchev–Trinajstić information content (AvgIpc) is 2.36. The zero-order chi connectivity index (χ0) is 12.8. The minimum atomic E-state index is -0.720. The van der Waals surface area contributed by atoms with Crippen LogP contribution in [0.25, 0.3) is 0 Å². The second kappa shape index (κ2) is 5.59. The van der Waals surface area contributed by atoms with Gasteiger partial charge in [-0.3, -0.25) is 4.79 Å². The zero-order valence-electron chi connectivity index (χ0n) is 9.43. The first-order valence-corrected chi connectivity index (χ1v) is 4.62. The topological polar surface area (TPSA) is 106 Å². The van der Waals surface area contributed by atoms with Crippen molar-refractivity contribution < 1.29 is 19.5 Å². The van der Waals surface area contributed by atoms with Gasteiger partial charge in [-0.25, -0.2) is 0 Å². The van der Waals surface area contributed by atoms with Crippen LogP contribution >= 0.6 is 0 Å². The van der Waals surface area contributed by atoms with E-state index in [1.165, 1.54) is 14.2 Å². The molecule has 0 saturated heterocycles. The minimum Gasteiger partial charge on any atom is -0.497 e. The van der Waals surface area contributed by atoms with E-state index in [9.17, 15) is 4.79 Å². The van der Waals surface area contributed by atoms with E-state index in [-0.39, 0.29) is 0 Å². The van der Waals surface area contributed by atoms with Crippen LogP contribution in [0.4, 0.5) is 5.69 Å². The lowest BCUT2D eigenvalue weighted by molar-refractivity contribution is -0.110. The van der Waals surface area contributed by atoms with Crippen LogP contribution in [0.3, 0.4) is 0 Å². The fraction of sp³-hybridized carbons (Fsp3) is 0.200. The van der Waals surface area contributed by atoms with Gasteiger partial charge >= 0.3 is 0 Å². The summed E-state index contributed by atoms with van der Waals surface area (Å²) in [6.45, 7) is 0. The Balaban J connectivity index is 2.94. The quantitative estimate of drug-likeness (QED) is 0.306. The Kier molecular flexibility index (Phi) is 4.15. The van der Waals surface area contributed by atoms with Crippen LogP contribution in [0.1, 0.15) is 0 Å². The van der Waals surface area contributed by atoms with Crippen molar-refractivity contribution in [3.63, 3.8) is 0 Å². The van der Waals surface area contributed by atoms with Crippen molar-refractivity contribution in [2.24, 2.45) is 10.9 Å². The molecule has 7 heteroatoms. The van der Waals surface area contributed by atoms with E-state index in [1.807, 2.05) is 0 Å². The lowest BCUT2D eigenvalue weighted by Crippen LogP contribution is -2.30. The van der Waals surface area contributed by atoms with Crippen LogP contribution < -0.4 is 20.5 Å². The van der Waals surface area contributed by atoms with E-state index in [4.69, 9.17) is 20.4 Å². The first-order valence-electron chi connectivity index (χ1n) is 4.62. The maximum atomic E-state index is 11.3. The van der Waals surface area contributed by atoms with Gasteiger partial charge in [0.15, 0.2) is 0 Å². The van der Waals surface area contributed by atoms with Gasteiger partial charge in [0, 0.05) is 23.9 Å². The third-order valence-corrected chi connectivity index (χ3v) is 1.95. The maximum absolute atomic E-state index is 11.3. The predicted molar refractivity (Wildman–Crippen MR) is 61.6 cm³/mol. The Hall–Kier alpha value is -2.44. The van der Waals surface area contributed by atoms with Gasteiger partial charge in [-0.05, 0) is 0 Å². The molecule has 0 spiro atoms. The molecule has 7 nitrogen and oxygen atoms in total. The van der Waals surface area contributed by atoms with Crippen molar-refractivity contribution in [2.75, 3.05) is 19.5 Å². The third-order valence-electron chi connectivity index (χ3n) is 1.95. The summed E-state index contributed by atoms with van der Waals surface area (Å²) in [5.41, 5.74) is 5.55. The molecular formula is C10H13N3O4. The number of carbonyl (C=O) groups excluding carboxylic acids is 1. The number of nitrogens with two attached hydrogens (primary N) is 1. The first-order chi connectivity index (χ1) is 8.10. The highest BCUT2D eigenvalue weighted by atomic mass is 16.5. The van der Waals surface area contributed by atoms with Gasteiger partial charge in [0.05, 0.1) is 14.2 Å². The van der Waals surface area contributed by atoms with Crippen molar-refractivity contribution in [3.05, 3.63) is 18.2 Å². The van der Waals surface area contributed by atoms with E-state index in [1.54, 1.807) is 18.2 Å². The summed E-state index contributed by atoms with van der Waals surface area (Å²) in [6, 6.07) is 4.80. The van der Waals surface area contributed by atoms with Crippen molar-refractivity contribution in [1.82, 2.24) is 0 Å². The molecule has 0 heterocycles. The van der Waals surface area contributed by atoms with Crippen LogP contribution in [-0.2, 0) is 4.79 Å². The molecule has 0 aromatic heterocycles. The number of rotatable bonds is 3. The second-order valence-electron chi connectivity index (χ2n) is 3.04. The number of oxime groups is 1. The lowest BCUT2D eigenvalue weighted by Gasteiger charge is -2.09. The van der Waals surface area contributed by atoms with Crippen LogP contribution in [0, 0.1) is 0 Å². The summed E-state index contributed by atoms with van der Waals surface area (Å²) in [5.74, 6) is -0.229. The molecule has 1 aromatic rings. The standard InChI is InChI=1S/C10H13N3O4/c1-16-7-3-6(4-8(5-7)17-2)12-10(14)9(11)13-15/h3-5,15H,1-2H3,(H2,11,13)(H,12,14). The molecule has 4 N–H and O–H groups in total. The molecule has 0 atom stereocenters. The van der Waals surface area contributed by atoms with E-state index < -0.39 is 11.7 Å². The van der Waals surface area contributed by atoms with Gasteiger partial charge in [-0.15, -0.1) is 0 Å². The summed E-state index contributed by atoms with van der Waals surface area (Å²) in [4.78, 5) is 11.3. The van der Waals surface area contributed by atoms with Gasteiger partial charge < -0.3 is 25.7 Å². The smallest absolute Gasteiger partial charge is 0.294 e. The number of anilines is 1. The van der Waals surface area contributed by atoms with Crippen LogP contribution in [0.15, 0.2) is 23.4 Å². The lowest BCUT2D eigenvalue weighted by atomic mass is 10.2. The van der Waals surface area contributed by atoms with Gasteiger partial charge in [0.1, 0.15) is 11.5 Å². The Morgan fingerprint density at radius 1 is 1.29 bits per heavy atom. The molecule has 17 heavy (non-hydrogen) atoms. The van der Waals surface area contributed by atoms with E-state index in [0.29, 0.717) is 17.2 Å². The number of hydrogen-bond acceptors (Lipinski definition) is 5. The van der Waals surface area contributed by atoms with Crippen LogP contribution in [-0.4, -0.2) is 31.2 Å². The largest absolute Gasteiger partial charge is 0.497 e. The molecule has 1 amide bonds. The molecule has 0 aliphatic carbocycles. The molecule has 0 saturated carbocycles. The Morgan fingerprint density at radius 2 is 1.82 bits per heavy atom. The first kappa shape index (κ1) is 12.6. The second-order valence-corrected chi connectivity index (χ2v) is 3.04. The number of methoxy groups -OCH3 is 2. The van der Waals surface area contributed by atoms with Gasteiger partial charge in [0.2, 0.25) is 5.84 Å². The Morgan fingerprint density at radius 3 is 2.24 bits per heavy atom. The summed E-state index contributed by atoms with van der Waals surface area (Å²) in [7, 11) is 2.98. The number of carbonyl (C=O) groups is 1. The molecule has 0 bridgehead atoms. The molecule has 0 radical (unpaired) electrons. The van der Waals surface area contributed by atoms with Crippen molar-refractivity contribution in [3.8, 4) is 11.5 Å². The molecular weight excluding hydrogens is 226 g/mol. The third kappa shape index (κ3) is 3.26. The predicted octanol–water partition coefficient (Wildman–Crippen LogP) is 0.389. The number of hydrogen-bond donors (Lipinski definition) is 3. The van der Waals surface area contributed by atoms with Crippen LogP contribution in [0.5, 0.6) is 11.5 Å². The molecule has 92 valence electrons. The fourth-order valence-electron chi connectivity index (χ4n) is 1.12. The van der Waals surface area contributed by atoms with Gasteiger partial charge in [-0.1, -0.05) is 5.16 Å². The molecule has 0 unspecified atom stereocenters. The monoisotopic (exact) mass is 239 g/mol. The summed E-state index contributed by atoms with van der Waals surface area (Å²) >= 11 is 0. The highest BCUT2D eigenvalue weighted by Crippen LogP contribution is 2.25. The highest BCUT2D eigenvalue weighted by molar-refractivity contribution is 6.41. The van der Waals surface area contributed by atoms with E-state index in [2.05, 4.69) is 10.5 Å².